The smallest absolute Gasteiger partial charge is 0.128 e. The van der Waals surface area contributed by atoms with Crippen molar-refractivity contribution in [3.8, 4) is 0 Å². The van der Waals surface area contributed by atoms with Crippen LogP contribution < -0.4 is 5.32 Å². The average molecular weight is 473 g/mol. The molecule has 1 aromatic carbocycles. The molecule has 0 amide bonds. The molecule has 1 atom stereocenters. The lowest BCUT2D eigenvalue weighted by molar-refractivity contribution is 0.197. The molecule has 1 aromatic heterocycles. The second-order valence-corrected chi connectivity index (χ2v) is 7.99. The molecule has 1 fully saturated rings. The van der Waals surface area contributed by atoms with Gasteiger partial charge in [-0.3, -0.25) is 4.90 Å². The Morgan fingerprint density at radius 2 is 1.95 bits per heavy atom. The van der Waals surface area contributed by atoms with Gasteiger partial charge in [0, 0.05) is 40.2 Å². The second-order valence-electron chi connectivity index (χ2n) is 5.00. The Bertz CT molecular complexity index is 632. The molecule has 22 heavy (non-hydrogen) atoms. The zero-order valence-corrected chi connectivity index (χ0v) is 16.2. The van der Waals surface area contributed by atoms with Gasteiger partial charge in [0.15, 0.2) is 0 Å². The van der Waals surface area contributed by atoms with E-state index in [0.29, 0.717) is 0 Å². The summed E-state index contributed by atoms with van der Waals surface area (Å²) in [7, 11) is 0. The molecular formula is C15H16Cl2FIN2S. The third-order valence-corrected chi connectivity index (χ3v) is 5.59. The van der Waals surface area contributed by atoms with Gasteiger partial charge in [0.25, 0.3) is 0 Å². The molecule has 0 aliphatic carbocycles. The number of thiophene rings is 1. The lowest BCUT2D eigenvalue weighted by Gasteiger charge is -2.35. The van der Waals surface area contributed by atoms with Gasteiger partial charge < -0.3 is 5.32 Å². The Labute approximate surface area is 158 Å². The molecular weight excluding hydrogens is 457 g/mol. The second kappa shape index (κ2) is 8.26. The van der Waals surface area contributed by atoms with Crippen molar-refractivity contribution in [1.29, 1.82) is 0 Å². The van der Waals surface area contributed by atoms with Crippen molar-refractivity contribution in [2.75, 3.05) is 26.2 Å². The Kier molecular flexibility index (Phi) is 6.91. The van der Waals surface area contributed by atoms with Crippen LogP contribution in [0.4, 0.5) is 4.39 Å². The lowest BCUT2D eigenvalue weighted by atomic mass is 10.0. The monoisotopic (exact) mass is 472 g/mol. The van der Waals surface area contributed by atoms with Crippen molar-refractivity contribution in [2.45, 2.75) is 6.04 Å². The Balaban J connectivity index is 0.00000176. The maximum Gasteiger partial charge on any atom is 0.128 e. The number of benzene rings is 1. The van der Waals surface area contributed by atoms with Crippen LogP contribution in [-0.4, -0.2) is 31.1 Å². The first-order valence-electron chi connectivity index (χ1n) is 6.80. The topological polar surface area (TPSA) is 15.3 Å². The minimum Gasteiger partial charge on any atom is -0.314 e. The van der Waals surface area contributed by atoms with Crippen LogP contribution in [0.2, 0.25) is 4.34 Å². The van der Waals surface area contributed by atoms with E-state index in [1.807, 2.05) is 18.2 Å². The van der Waals surface area contributed by atoms with Gasteiger partial charge >= 0.3 is 0 Å². The van der Waals surface area contributed by atoms with Crippen LogP contribution in [0.3, 0.4) is 0 Å². The highest BCUT2D eigenvalue weighted by atomic mass is 127. The van der Waals surface area contributed by atoms with Gasteiger partial charge in [-0.1, -0.05) is 11.6 Å². The molecule has 1 aliphatic rings. The van der Waals surface area contributed by atoms with Gasteiger partial charge in [-0.15, -0.1) is 23.7 Å². The zero-order chi connectivity index (χ0) is 14.8. The standard InChI is InChI=1S/C15H15ClFIN2S.ClH/c16-14-4-3-13(21-14)15(20-7-5-19-6-8-20)11-9-10(18)1-2-12(11)17;/h1-4,9,15,19H,5-8H2;1H/t15-;/m0./s1. The van der Waals surface area contributed by atoms with Crippen LogP contribution in [0.5, 0.6) is 0 Å². The molecule has 0 saturated carbocycles. The number of hydrogen-bond acceptors (Lipinski definition) is 3. The summed E-state index contributed by atoms with van der Waals surface area (Å²) in [5.41, 5.74) is 0.738. The summed E-state index contributed by atoms with van der Waals surface area (Å²) in [6.45, 7) is 3.68. The van der Waals surface area contributed by atoms with E-state index in [4.69, 9.17) is 11.6 Å². The Morgan fingerprint density at radius 1 is 1.23 bits per heavy atom. The van der Waals surface area contributed by atoms with Crippen molar-refractivity contribution in [2.24, 2.45) is 0 Å². The number of nitrogens with zero attached hydrogens (tertiary/aromatic N) is 1. The summed E-state index contributed by atoms with van der Waals surface area (Å²) in [6.07, 6.45) is 0. The Hall–Kier alpha value is 0.0800. The number of halogens is 4. The molecule has 2 aromatic rings. The largest absolute Gasteiger partial charge is 0.314 e. The van der Waals surface area contributed by atoms with Crippen molar-refractivity contribution in [3.63, 3.8) is 0 Å². The van der Waals surface area contributed by atoms with E-state index in [2.05, 4.69) is 32.8 Å². The molecule has 1 saturated heterocycles. The predicted octanol–water partition coefficient (Wildman–Crippen LogP) is 4.56. The van der Waals surface area contributed by atoms with E-state index < -0.39 is 0 Å². The molecule has 0 radical (unpaired) electrons. The minimum absolute atomic E-state index is 0. The molecule has 0 bridgehead atoms. The summed E-state index contributed by atoms with van der Waals surface area (Å²) in [6, 6.07) is 9.15. The van der Waals surface area contributed by atoms with E-state index in [0.717, 1.165) is 44.5 Å². The lowest BCUT2D eigenvalue weighted by Crippen LogP contribution is -2.45. The molecule has 0 unspecified atom stereocenters. The zero-order valence-electron chi connectivity index (χ0n) is 11.7. The van der Waals surface area contributed by atoms with Crippen LogP contribution >= 0.6 is 57.9 Å². The van der Waals surface area contributed by atoms with Crippen LogP contribution in [0, 0.1) is 9.39 Å². The number of nitrogens with one attached hydrogen (secondary N) is 1. The molecule has 7 heteroatoms. The van der Waals surface area contributed by atoms with Crippen LogP contribution in [0.25, 0.3) is 0 Å². The maximum absolute atomic E-state index is 14.4. The molecule has 2 nitrogen and oxygen atoms in total. The highest BCUT2D eigenvalue weighted by Crippen LogP contribution is 2.36. The van der Waals surface area contributed by atoms with E-state index in [9.17, 15) is 4.39 Å². The Morgan fingerprint density at radius 3 is 2.59 bits per heavy atom. The van der Waals surface area contributed by atoms with Gasteiger partial charge in [0.2, 0.25) is 0 Å². The first-order chi connectivity index (χ1) is 10.1. The van der Waals surface area contributed by atoms with Gasteiger partial charge in [0.05, 0.1) is 10.4 Å². The van der Waals surface area contributed by atoms with Crippen molar-refractivity contribution < 1.29 is 4.39 Å². The van der Waals surface area contributed by atoms with Crippen LogP contribution in [0.15, 0.2) is 30.3 Å². The first-order valence-corrected chi connectivity index (χ1v) is 9.07. The fourth-order valence-corrected chi connectivity index (χ4v) is 4.40. The van der Waals surface area contributed by atoms with E-state index in [1.54, 1.807) is 12.1 Å². The normalized spacial score (nSPS) is 17.0. The van der Waals surface area contributed by atoms with Gasteiger partial charge in [-0.2, -0.15) is 0 Å². The highest BCUT2D eigenvalue weighted by Gasteiger charge is 2.27. The number of rotatable bonds is 3. The summed E-state index contributed by atoms with van der Waals surface area (Å²) in [5, 5.41) is 3.34. The summed E-state index contributed by atoms with van der Waals surface area (Å²) in [4.78, 5) is 3.43. The highest BCUT2D eigenvalue weighted by molar-refractivity contribution is 14.1. The van der Waals surface area contributed by atoms with Gasteiger partial charge in [-0.05, 0) is 52.9 Å². The molecule has 1 aliphatic heterocycles. The van der Waals surface area contributed by atoms with Crippen molar-refractivity contribution >= 4 is 57.9 Å². The van der Waals surface area contributed by atoms with Gasteiger partial charge in [-0.25, -0.2) is 4.39 Å². The first kappa shape index (κ1) is 18.4. The fraction of sp³-hybridized carbons (Fsp3) is 0.333. The SMILES string of the molecule is Cl.Fc1ccc(I)cc1[C@@H](c1ccc(Cl)s1)N1CCNCC1. The molecule has 2 heterocycles. The predicted molar refractivity (Wildman–Crippen MR) is 102 cm³/mol. The summed E-state index contributed by atoms with van der Waals surface area (Å²) < 4.78 is 16.2. The van der Waals surface area contributed by atoms with Crippen LogP contribution in [0.1, 0.15) is 16.5 Å². The van der Waals surface area contributed by atoms with E-state index in [1.165, 1.54) is 11.3 Å². The molecule has 3 rings (SSSR count). The van der Waals surface area contributed by atoms with Gasteiger partial charge in [0.1, 0.15) is 5.82 Å². The molecule has 0 spiro atoms. The fourth-order valence-electron chi connectivity index (χ4n) is 2.67. The third kappa shape index (κ3) is 4.13. The van der Waals surface area contributed by atoms with Crippen molar-refractivity contribution in [3.05, 3.63) is 54.5 Å². The minimum atomic E-state index is -0.150. The molecule has 120 valence electrons. The third-order valence-electron chi connectivity index (χ3n) is 3.63. The van der Waals surface area contributed by atoms with E-state index >= 15 is 0 Å². The average Bonchev–Trinajstić information content (AvgIpc) is 2.90. The van der Waals surface area contributed by atoms with Crippen LogP contribution in [-0.2, 0) is 0 Å². The summed E-state index contributed by atoms with van der Waals surface area (Å²) >= 11 is 9.86. The maximum atomic E-state index is 14.4. The molecule has 1 N–H and O–H groups in total. The quantitative estimate of drug-likeness (QED) is 0.658. The van der Waals surface area contributed by atoms with E-state index in [-0.39, 0.29) is 24.3 Å². The van der Waals surface area contributed by atoms with Crippen molar-refractivity contribution in [1.82, 2.24) is 10.2 Å². The summed E-state index contributed by atoms with van der Waals surface area (Å²) in [5.74, 6) is -0.150. The number of piperazine rings is 1. The number of hydrogen-bond donors (Lipinski definition) is 1.